The standard InChI is InChI=1S/C23H22F4N2O3/c1-3-12-10-22(32,23(25,26)27)21(14-9-11(2)19(24)20(31)18(12)14)29-16-6-4-5-15-13(16)7-8-17(30)28-15/h4-9,12,21,29,31-32H,3,10H2,1-2H3,(H,28,30)/t12-,21-,22+/m0/s1. The van der Waals surface area contributed by atoms with Crippen LogP contribution < -0.4 is 10.9 Å². The van der Waals surface area contributed by atoms with Gasteiger partial charge < -0.3 is 20.5 Å². The lowest BCUT2D eigenvalue weighted by molar-refractivity contribution is -0.272. The Labute approximate surface area is 180 Å². The fourth-order valence-electron chi connectivity index (χ4n) is 4.63. The summed E-state index contributed by atoms with van der Waals surface area (Å²) in [4.78, 5) is 14.2. The van der Waals surface area contributed by atoms with Gasteiger partial charge in [-0.2, -0.15) is 13.2 Å². The summed E-state index contributed by atoms with van der Waals surface area (Å²) in [5.41, 5.74) is -2.88. The van der Waals surface area contributed by atoms with Gasteiger partial charge in [-0.3, -0.25) is 4.79 Å². The SMILES string of the molecule is CC[C@H]1C[C@](O)(C(F)(F)F)[C@@H](Nc2cccc3[nH]c(=O)ccc23)c2cc(C)c(F)c(O)c21. The highest BCUT2D eigenvalue weighted by molar-refractivity contribution is 5.91. The summed E-state index contributed by atoms with van der Waals surface area (Å²) in [7, 11) is 0. The summed E-state index contributed by atoms with van der Waals surface area (Å²) >= 11 is 0. The monoisotopic (exact) mass is 450 g/mol. The number of halogens is 4. The average Bonchev–Trinajstić information content (AvgIpc) is 2.72. The Hall–Kier alpha value is -3.07. The van der Waals surface area contributed by atoms with Crippen LogP contribution in [0.5, 0.6) is 5.75 Å². The molecule has 0 saturated carbocycles. The van der Waals surface area contributed by atoms with Crippen LogP contribution in [-0.2, 0) is 0 Å². The maximum absolute atomic E-state index is 14.5. The second-order valence-corrected chi connectivity index (χ2v) is 8.26. The second kappa shape index (κ2) is 7.51. The van der Waals surface area contributed by atoms with Crippen molar-refractivity contribution in [1.29, 1.82) is 0 Å². The van der Waals surface area contributed by atoms with Crippen molar-refractivity contribution in [1.82, 2.24) is 4.98 Å². The Kier molecular flexibility index (Phi) is 5.20. The molecule has 2 aromatic carbocycles. The summed E-state index contributed by atoms with van der Waals surface area (Å²) in [6, 6.07) is 6.92. The molecule has 32 heavy (non-hydrogen) atoms. The van der Waals surface area contributed by atoms with Crippen molar-refractivity contribution in [2.75, 3.05) is 5.32 Å². The largest absolute Gasteiger partial charge is 0.505 e. The van der Waals surface area contributed by atoms with Gasteiger partial charge in [0.15, 0.2) is 17.2 Å². The van der Waals surface area contributed by atoms with E-state index in [1.807, 2.05) is 0 Å². The first-order valence-corrected chi connectivity index (χ1v) is 10.2. The number of hydrogen-bond donors (Lipinski definition) is 4. The van der Waals surface area contributed by atoms with Gasteiger partial charge in [0.2, 0.25) is 5.56 Å². The van der Waals surface area contributed by atoms with Crippen molar-refractivity contribution in [2.45, 2.75) is 50.4 Å². The van der Waals surface area contributed by atoms with Crippen molar-refractivity contribution in [3.63, 3.8) is 0 Å². The summed E-state index contributed by atoms with van der Waals surface area (Å²) in [5, 5.41) is 24.7. The van der Waals surface area contributed by atoms with Gasteiger partial charge in [-0.05, 0) is 55.0 Å². The third-order valence-electron chi connectivity index (χ3n) is 6.30. The van der Waals surface area contributed by atoms with Crippen molar-refractivity contribution in [3.05, 3.63) is 69.3 Å². The number of nitrogens with one attached hydrogen (secondary N) is 2. The molecular weight excluding hydrogens is 428 g/mol. The first-order valence-electron chi connectivity index (χ1n) is 10.2. The number of aromatic nitrogens is 1. The lowest BCUT2D eigenvalue weighted by Crippen LogP contribution is -2.55. The molecule has 1 heterocycles. The molecule has 0 unspecified atom stereocenters. The summed E-state index contributed by atoms with van der Waals surface area (Å²) in [6.07, 6.45) is -5.58. The van der Waals surface area contributed by atoms with E-state index in [-0.39, 0.29) is 34.4 Å². The van der Waals surface area contributed by atoms with E-state index in [0.29, 0.717) is 10.9 Å². The number of anilines is 1. The van der Waals surface area contributed by atoms with E-state index in [1.54, 1.807) is 19.1 Å². The molecular formula is C23H22F4N2O3. The number of H-pyrrole nitrogens is 1. The highest BCUT2D eigenvalue weighted by atomic mass is 19.4. The van der Waals surface area contributed by atoms with Crippen LogP contribution in [0.1, 0.15) is 48.4 Å². The molecule has 0 spiro atoms. The molecule has 0 radical (unpaired) electrons. The first-order chi connectivity index (χ1) is 15.0. The molecule has 0 fully saturated rings. The van der Waals surface area contributed by atoms with Gasteiger partial charge in [0.1, 0.15) is 0 Å². The highest BCUT2D eigenvalue weighted by Gasteiger charge is 2.62. The first kappa shape index (κ1) is 22.1. The number of phenols is 1. The molecule has 3 atom stereocenters. The van der Waals surface area contributed by atoms with Crippen LogP contribution in [0.15, 0.2) is 41.2 Å². The number of rotatable bonds is 3. The zero-order chi connectivity index (χ0) is 23.4. The summed E-state index contributed by atoms with van der Waals surface area (Å²) in [6.45, 7) is 2.97. The molecule has 1 aliphatic rings. The fraction of sp³-hybridized carbons (Fsp3) is 0.348. The van der Waals surface area contributed by atoms with E-state index in [2.05, 4.69) is 10.3 Å². The van der Waals surface area contributed by atoms with Gasteiger partial charge in [0.05, 0.1) is 11.6 Å². The minimum absolute atomic E-state index is 0.0132. The highest BCUT2D eigenvalue weighted by Crippen LogP contribution is 2.55. The fourth-order valence-corrected chi connectivity index (χ4v) is 4.63. The van der Waals surface area contributed by atoms with Crippen LogP contribution in [0.25, 0.3) is 10.9 Å². The molecule has 4 rings (SSSR count). The molecule has 4 N–H and O–H groups in total. The number of aromatic hydroxyl groups is 1. The predicted octanol–water partition coefficient (Wildman–Crippen LogP) is 5.03. The number of aromatic amines is 1. The zero-order valence-corrected chi connectivity index (χ0v) is 17.3. The molecule has 9 heteroatoms. The lowest BCUT2D eigenvalue weighted by Gasteiger charge is -2.46. The van der Waals surface area contributed by atoms with Crippen molar-refractivity contribution in [2.24, 2.45) is 0 Å². The van der Waals surface area contributed by atoms with Crippen LogP contribution >= 0.6 is 0 Å². The van der Waals surface area contributed by atoms with Crippen LogP contribution in [0.3, 0.4) is 0 Å². The molecule has 0 amide bonds. The summed E-state index contributed by atoms with van der Waals surface area (Å²) in [5.74, 6) is -2.47. The molecule has 170 valence electrons. The normalized spacial score (nSPS) is 23.2. The third-order valence-corrected chi connectivity index (χ3v) is 6.30. The van der Waals surface area contributed by atoms with E-state index in [9.17, 15) is 32.6 Å². The number of benzene rings is 2. The number of phenolic OH excluding ortho intramolecular Hbond substituents is 1. The number of pyridine rings is 1. The third kappa shape index (κ3) is 3.31. The van der Waals surface area contributed by atoms with Gasteiger partial charge >= 0.3 is 6.18 Å². The number of alkyl halides is 3. The molecule has 1 aliphatic carbocycles. The molecule has 1 aromatic heterocycles. The van der Waals surface area contributed by atoms with E-state index in [0.717, 1.165) is 0 Å². The van der Waals surface area contributed by atoms with Crippen LogP contribution in [-0.4, -0.2) is 27.0 Å². The molecule has 0 saturated heterocycles. The number of aliphatic hydroxyl groups is 1. The number of aryl methyl sites for hydroxylation is 1. The average molecular weight is 450 g/mol. The van der Waals surface area contributed by atoms with E-state index in [4.69, 9.17) is 0 Å². The lowest BCUT2D eigenvalue weighted by atomic mass is 9.68. The number of hydrogen-bond acceptors (Lipinski definition) is 4. The molecule has 5 nitrogen and oxygen atoms in total. The Morgan fingerprint density at radius 1 is 1.25 bits per heavy atom. The van der Waals surface area contributed by atoms with Crippen molar-refractivity contribution >= 4 is 16.6 Å². The predicted molar refractivity (Wildman–Crippen MR) is 112 cm³/mol. The van der Waals surface area contributed by atoms with Gasteiger partial charge in [-0.25, -0.2) is 4.39 Å². The van der Waals surface area contributed by atoms with Crippen LogP contribution in [0.4, 0.5) is 23.2 Å². The second-order valence-electron chi connectivity index (χ2n) is 8.26. The van der Waals surface area contributed by atoms with Crippen LogP contribution in [0, 0.1) is 12.7 Å². The molecule has 3 aromatic rings. The van der Waals surface area contributed by atoms with E-state index < -0.39 is 41.7 Å². The maximum atomic E-state index is 14.5. The van der Waals surface area contributed by atoms with Gasteiger partial charge in [0, 0.05) is 22.7 Å². The zero-order valence-electron chi connectivity index (χ0n) is 17.3. The Bertz CT molecular complexity index is 1250. The van der Waals surface area contributed by atoms with Gasteiger partial charge in [-0.1, -0.05) is 19.1 Å². The summed E-state index contributed by atoms with van der Waals surface area (Å²) < 4.78 is 57.2. The van der Waals surface area contributed by atoms with E-state index >= 15 is 0 Å². The number of fused-ring (bicyclic) bond motifs is 2. The molecule has 0 aliphatic heterocycles. The Morgan fingerprint density at radius 2 is 1.97 bits per heavy atom. The van der Waals surface area contributed by atoms with Gasteiger partial charge in [0.25, 0.3) is 0 Å². The van der Waals surface area contributed by atoms with Crippen molar-refractivity contribution < 1.29 is 27.8 Å². The minimum Gasteiger partial charge on any atom is -0.505 e. The molecule has 0 bridgehead atoms. The van der Waals surface area contributed by atoms with Crippen molar-refractivity contribution in [3.8, 4) is 5.75 Å². The smallest absolute Gasteiger partial charge is 0.419 e. The topological polar surface area (TPSA) is 85.4 Å². The van der Waals surface area contributed by atoms with Gasteiger partial charge in [-0.15, -0.1) is 0 Å². The quantitative estimate of drug-likeness (QED) is 0.422. The Balaban J connectivity index is 1.97. The maximum Gasteiger partial charge on any atom is 0.419 e. The van der Waals surface area contributed by atoms with Crippen LogP contribution in [0.2, 0.25) is 0 Å². The van der Waals surface area contributed by atoms with E-state index in [1.165, 1.54) is 31.2 Å². The minimum atomic E-state index is -5.01. The Morgan fingerprint density at radius 3 is 2.62 bits per heavy atom.